The maximum Gasteiger partial charge on any atom is 0.243 e. The molecule has 0 spiro atoms. The molecule has 0 fully saturated rings. The third-order valence-electron chi connectivity index (χ3n) is 4.82. The highest BCUT2D eigenvalue weighted by Gasteiger charge is 2.22. The molecule has 0 unspecified atom stereocenters. The number of para-hydroxylation sites is 1. The summed E-state index contributed by atoms with van der Waals surface area (Å²) in [5, 5.41) is 1.11. The average Bonchev–Trinajstić information content (AvgIpc) is 3.15. The molecular weight excluding hydrogens is 404 g/mol. The highest BCUT2D eigenvalue weighted by atomic mass is 32.2. The van der Waals surface area contributed by atoms with Gasteiger partial charge in [0.2, 0.25) is 10.0 Å². The van der Waals surface area contributed by atoms with Crippen molar-refractivity contribution in [2.45, 2.75) is 29.4 Å². The van der Waals surface area contributed by atoms with Gasteiger partial charge in [0, 0.05) is 29.6 Å². The Morgan fingerprint density at radius 2 is 1.83 bits per heavy atom. The standard InChI is InChI=1S/C21H22N4O2S2/c1-3-25(4-2)29(26,27)15-9-10-18-19(13-15)24-21(23-18)14-28-20-11-12-22-17-8-6-5-7-16(17)20/h5-13H,3-4,14H2,1-2H3,(H,23,24). The lowest BCUT2D eigenvalue weighted by atomic mass is 10.2. The van der Waals surface area contributed by atoms with Crippen molar-refractivity contribution < 1.29 is 8.42 Å². The lowest BCUT2D eigenvalue weighted by molar-refractivity contribution is 0.445. The molecule has 0 atom stereocenters. The summed E-state index contributed by atoms with van der Waals surface area (Å²) in [6, 6.07) is 15.1. The van der Waals surface area contributed by atoms with Crippen molar-refractivity contribution in [3.63, 3.8) is 0 Å². The maximum atomic E-state index is 12.8. The average molecular weight is 427 g/mol. The fourth-order valence-electron chi connectivity index (χ4n) is 3.32. The van der Waals surface area contributed by atoms with Gasteiger partial charge in [-0.15, -0.1) is 11.8 Å². The second-order valence-electron chi connectivity index (χ2n) is 6.57. The van der Waals surface area contributed by atoms with Crippen LogP contribution in [0.2, 0.25) is 0 Å². The molecule has 29 heavy (non-hydrogen) atoms. The minimum Gasteiger partial charge on any atom is -0.341 e. The summed E-state index contributed by atoms with van der Waals surface area (Å²) in [6.45, 7) is 4.57. The Kier molecular flexibility index (Phi) is 5.58. The Hall–Kier alpha value is -2.42. The minimum atomic E-state index is -3.49. The van der Waals surface area contributed by atoms with Crippen molar-refractivity contribution in [3.8, 4) is 0 Å². The van der Waals surface area contributed by atoms with E-state index in [2.05, 4.69) is 21.0 Å². The summed E-state index contributed by atoms with van der Waals surface area (Å²) in [4.78, 5) is 13.7. The molecule has 0 bridgehead atoms. The topological polar surface area (TPSA) is 79.0 Å². The van der Waals surface area contributed by atoms with Crippen LogP contribution in [0, 0.1) is 0 Å². The number of thioether (sulfide) groups is 1. The predicted molar refractivity (Wildman–Crippen MR) is 118 cm³/mol. The van der Waals surface area contributed by atoms with Crippen molar-refractivity contribution in [2.75, 3.05) is 13.1 Å². The smallest absolute Gasteiger partial charge is 0.243 e. The van der Waals surface area contributed by atoms with E-state index >= 15 is 0 Å². The van der Waals surface area contributed by atoms with Gasteiger partial charge < -0.3 is 4.98 Å². The maximum absolute atomic E-state index is 12.8. The SMILES string of the molecule is CCN(CC)S(=O)(=O)c1ccc2nc(CSc3ccnc4ccccc34)[nH]c2c1. The number of imidazole rings is 1. The van der Waals surface area contributed by atoms with E-state index in [0.717, 1.165) is 32.7 Å². The highest BCUT2D eigenvalue weighted by Crippen LogP contribution is 2.29. The van der Waals surface area contributed by atoms with Crippen molar-refractivity contribution in [1.82, 2.24) is 19.3 Å². The molecule has 0 aliphatic carbocycles. The number of benzene rings is 2. The molecule has 2 heterocycles. The number of aromatic nitrogens is 3. The molecule has 2 aromatic heterocycles. The van der Waals surface area contributed by atoms with Crippen LogP contribution in [-0.2, 0) is 15.8 Å². The van der Waals surface area contributed by atoms with Crippen molar-refractivity contribution in [1.29, 1.82) is 0 Å². The summed E-state index contributed by atoms with van der Waals surface area (Å²) in [6.07, 6.45) is 1.81. The second-order valence-corrected chi connectivity index (χ2v) is 9.52. The first kappa shape index (κ1) is 19.9. The number of hydrogen-bond donors (Lipinski definition) is 1. The van der Waals surface area contributed by atoms with E-state index in [1.807, 2.05) is 44.3 Å². The first-order valence-electron chi connectivity index (χ1n) is 9.48. The van der Waals surface area contributed by atoms with Crippen LogP contribution in [0.3, 0.4) is 0 Å². The molecule has 8 heteroatoms. The van der Waals surface area contributed by atoms with E-state index in [-0.39, 0.29) is 4.90 Å². The molecule has 150 valence electrons. The summed E-state index contributed by atoms with van der Waals surface area (Å²) >= 11 is 1.68. The summed E-state index contributed by atoms with van der Waals surface area (Å²) < 4.78 is 27.0. The number of nitrogens with zero attached hydrogens (tertiary/aromatic N) is 3. The molecule has 0 aliphatic rings. The zero-order valence-electron chi connectivity index (χ0n) is 16.3. The quantitative estimate of drug-likeness (QED) is 0.442. The van der Waals surface area contributed by atoms with E-state index in [1.54, 1.807) is 30.0 Å². The molecule has 4 aromatic rings. The molecule has 6 nitrogen and oxygen atoms in total. The van der Waals surface area contributed by atoms with Gasteiger partial charge in [-0.3, -0.25) is 4.98 Å². The van der Waals surface area contributed by atoms with E-state index in [1.165, 1.54) is 4.31 Å². The van der Waals surface area contributed by atoms with Gasteiger partial charge >= 0.3 is 0 Å². The van der Waals surface area contributed by atoms with Gasteiger partial charge in [-0.05, 0) is 30.3 Å². The van der Waals surface area contributed by atoms with Crippen LogP contribution in [0.4, 0.5) is 0 Å². The lowest BCUT2D eigenvalue weighted by Crippen LogP contribution is -2.30. The van der Waals surface area contributed by atoms with Gasteiger partial charge in [0.1, 0.15) is 5.82 Å². The Labute approximate surface area is 174 Å². The Morgan fingerprint density at radius 3 is 2.62 bits per heavy atom. The van der Waals surface area contributed by atoms with Crippen LogP contribution in [0.25, 0.3) is 21.9 Å². The van der Waals surface area contributed by atoms with Crippen molar-refractivity contribution >= 4 is 43.7 Å². The Bertz CT molecular complexity index is 1260. The second kappa shape index (κ2) is 8.14. The summed E-state index contributed by atoms with van der Waals surface area (Å²) in [7, 11) is -3.49. The zero-order valence-corrected chi connectivity index (χ0v) is 17.9. The van der Waals surface area contributed by atoms with Crippen LogP contribution < -0.4 is 0 Å². The number of nitrogens with one attached hydrogen (secondary N) is 1. The molecule has 4 rings (SSSR count). The molecule has 0 saturated carbocycles. The molecule has 0 radical (unpaired) electrons. The molecule has 0 saturated heterocycles. The third kappa shape index (κ3) is 3.88. The predicted octanol–water partition coefficient (Wildman–Crippen LogP) is 4.43. The highest BCUT2D eigenvalue weighted by molar-refractivity contribution is 7.98. The number of aromatic amines is 1. The van der Waals surface area contributed by atoms with E-state index in [4.69, 9.17) is 0 Å². The number of hydrogen-bond acceptors (Lipinski definition) is 5. The van der Waals surface area contributed by atoms with E-state index < -0.39 is 10.0 Å². The zero-order chi connectivity index (χ0) is 20.4. The van der Waals surface area contributed by atoms with Crippen molar-refractivity contribution in [2.24, 2.45) is 0 Å². The number of H-pyrrole nitrogens is 1. The monoisotopic (exact) mass is 426 g/mol. The van der Waals surface area contributed by atoms with Gasteiger partial charge in [0.25, 0.3) is 0 Å². The van der Waals surface area contributed by atoms with Crippen LogP contribution in [0.5, 0.6) is 0 Å². The van der Waals surface area contributed by atoms with Gasteiger partial charge in [-0.2, -0.15) is 4.31 Å². The van der Waals surface area contributed by atoms with Crippen LogP contribution in [-0.4, -0.2) is 40.8 Å². The van der Waals surface area contributed by atoms with Gasteiger partial charge in [-0.1, -0.05) is 32.0 Å². The summed E-state index contributed by atoms with van der Waals surface area (Å²) in [5.74, 6) is 1.46. The Morgan fingerprint density at radius 1 is 1.03 bits per heavy atom. The summed E-state index contributed by atoms with van der Waals surface area (Å²) in [5.41, 5.74) is 2.46. The third-order valence-corrected chi connectivity index (χ3v) is 7.95. The number of fused-ring (bicyclic) bond motifs is 2. The van der Waals surface area contributed by atoms with Crippen LogP contribution in [0.1, 0.15) is 19.7 Å². The molecule has 0 amide bonds. The lowest BCUT2D eigenvalue weighted by Gasteiger charge is -2.18. The van der Waals surface area contributed by atoms with Crippen LogP contribution in [0.15, 0.2) is 64.5 Å². The molecule has 2 aromatic carbocycles. The minimum absolute atomic E-state index is 0.289. The molecule has 1 N–H and O–H groups in total. The van der Waals surface area contributed by atoms with Gasteiger partial charge in [-0.25, -0.2) is 13.4 Å². The van der Waals surface area contributed by atoms with Crippen molar-refractivity contribution in [3.05, 3.63) is 60.6 Å². The van der Waals surface area contributed by atoms with Gasteiger partial charge in [0.05, 0.1) is 27.2 Å². The van der Waals surface area contributed by atoms with Crippen LogP contribution >= 0.6 is 11.8 Å². The first-order valence-corrected chi connectivity index (χ1v) is 11.9. The van der Waals surface area contributed by atoms with E-state index in [9.17, 15) is 8.42 Å². The fourth-order valence-corrected chi connectivity index (χ4v) is 5.72. The molecular formula is C21H22N4O2S2. The Balaban J connectivity index is 1.60. The largest absolute Gasteiger partial charge is 0.341 e. The normalized spacial score (nSPS) is 12.2. The van der Waals surface area contributed by atoms with Gasteiger partial charge in [0.15, 0.2) is 0 Å². The molecule has 0 aliphatic heterocycles. The number of sulfonamides is 1. The van der Waals surface area contributed by atoms with E-state index in [0.29, 0.717) is 18.8 Å². The first-order chi connectivity index (χ1) is 14.0. The fraction of sp³-hybridized carbons (Fsp3) is 0.238. The number of pyridine rings is 1. The number of rotatable bonds is 7.